The Hall–Kier alpha value is -1.63. The van der Waals surface area contributed by atoms with Gasteiger partial charge in [0.2, 0.25) is 0 Å². The van der Waals surface area contributed by atoms with Crippen LogP contribution in [0, 0.1) is 0 Å². The molecule has 1 fully saturated rings. The van der Waals surface area contributed by atoms with Gasteiger partial charge in [-0.25, -0.2) is 0 Å². The lowest BCUT2D eigenvalue weighted by molar-refractivity contribution is -0.0161. The van der Waals surface area contributed by atoms with E-state index < -0.39 is 0 Å². The Bertz CT molecular complexity index is 547. The summed E-state index contributed by atoms with van der Waals surface area (Å²) in [5.74, 6) is 0.863. The Morgan fingerprint density at radius 3 is 2.59 bits per heavy atom. The number of hydrogen-bond donors (Lipinski definition) is 2. The molecule has 0 amide bonds. The number of hydrogen-bond acceptors (Lipinski definition) is 4. The van der Waals surface area contributed by atoms with Crippen molar-refractivity contribution in [2.24, 2.45) is 4.99 Å². The van der Waals surface area contributed by atoms with Crippen LogP contribution >= 0.6 is 0 Å². The molecule has 1 aromatic carbocycles. The first-order valence-corrected chi connectivity index (χ1v) is 10.3. The van der Waals surface area contributed by atoms with Crippen molar-refractivity contribution in [1.29, 1.82) is 0 Å². The molecule has 1 heterocycles. The third-order valence-corrected chi connectivity index (χ3v) is 5.04. The van der Waals surface area contributed by atoms with Gasteiger partial charge in [0.15, 0.2) is 5.96 Å². The molecule has 1 aromatic rings. The summed E-state index contributed by atoms with van der Waals surface area (Å²) in [7, 11) is 2.14. The predicted molar refractivity (Wildman–Crippen MR) is 113 cm³/mol. The van der Waals surface area contributed by atoms with Gasteiger partial charge in [-0.3, -0.25) is 9.89 Å². The second-order valence-electron chi connectivity index (χ2n) is 7.00. The molecular weight excluding hydrogens is 338 g/mol. The zero-order chi connectivity index (χ0) is 19.5. The molecule has 0 spiro atoms. The molecule has 0 aliphatic carbocycles. The molecule has 6 heteroatoms. The van der Waals surface area contributed by atoms with E-state index in [2.05, 4.69) is 78.6 Å². The van der Waals surface area contributed by atoms with Gasteiger partial charge in [0.05, 0.1) is 25.3 Å². The molecule has 2 N–H and O–H groups in total. The highest BCUT2D eigenvalue weighted by Crippen LogP contribution is 2.20. The molecule has 2 rings (SSSR count). The van der Waals surface area contributed by atoms with Crippen LogP contribution in [0.25, 0.3) is 0 Å². The largest absolute Gasteiger partial charge is 0.374 e. The summed E-state index contributed by atoms with van der Waals surface area (Å²) in [4.78, 5) is 9.67. The van der Waals surface area contributed by atoms with Gasteiger partial charge < -0.3 is 20.3 Å². The number of aliphatic imine (C=N–C) groups is 1. The number of guanidine groups is 1. The molecule has 2 atom stereocenters. The summed E-state index contributed by atoms with van der Waals surface area (Å²) < 4.78 is 5.85. The van der Waals surface area contributed by atoms with Gasteiger partial charge in [0.25, 0.3) is 0 Å². The number of ether oxygens (including phenoxy) is 1. The molecule has 152 valence electrons. The second-order valence-corrected chi connectivity index (χ2v) is 7.00. The minimum absolute atomic E-state index is 0.209. The highest BCUT2D eigenvalue weighted by atomic mass is 16.5. The van der Waals surface area contributed by atoms with Crippen molar-refractivity contribution in [3.8, 4) is 0 Å². The fourth-order valence-electron chi connectivity index (χ4n) is 3.49. The van der Waals surface area contributed by atoms with Crippen molar-refractivity contribution >= 4 is 5.96 Å². The zero-order valence-electron chi connectivity index (χ0n) is 17.4. The number of benzene rings is 1. The maximum absolute atomic E-state index is 5.85. The minimum Gasteiger partial charge on any atom is -0.374 e. The molecule has 27 heavy (non-hydrogen) atoms. The maximum Gasteiger partial charge on any atom is 0.191 e. The number of morpholine rings is 1. The van der Waals surface area contributed by atoms with Gasteiger partial charge in [-0.15, -0.1) is 0 Å². The van der Waals surface area contributed by atoms with Gasteiger partial charge in [-0.1, -0.05) is 44.2 Å². The van der Waals surface area contributed by atoms with Crippen LogP contribution in [-0.4, -0.2) is 81.3 Å². The SMILES string of the molecule is CCNC(=NCC(c1ccccc1)N(CC)CC)NCC1CN(C)CCO1. The standard InChI is InChI=1S/C21H37N5O/c1-5-22-21(23-15-19-17-25(4)13-14-27-19)24-16-20(26(6-2)7-3)18-11-9-8-10-12-18/h8-12,19-20H,5-7,13-17H2,1-4H3,(H2,22,23,24). The minimum atomic E-state index is 0.209. The van der Waals surface area contributed by atoms with Crippen molar-refractivity contribution in [3.05, 3.63) is 35.9 Å². The third-order valence-electron chi connectivity index (χ3n) is 5.04. The highest BCUT2D eigenvalue weighted by molar-refractivity contribution is 5.79. The summed E-state index contributed by atoms with van der Waals surface area (Å²) in [5, 5.41) is 6.83. The molecule has 6 nitrogen and oxygen atoms in total. The molecule has 0 aromatic heterocycles. The van der Waals surface area contributed by atoms with Gasteiger partial charge in [0, 0.05) is 26.2 Å². The highest BCUT2D eigenvalue weighted by Gasteiger charge is 2.19. The molecule has 1 saturated heterocycles. The second kappa shape index (κ2) is 12.0. The first-order valence-electron chi connectivity index (χ1n) is 10.3. The van der Waals surface area contributed by atoms with E-state index in [1.165, 1.54) is 5.56 Å². The molecule has 2 unspecified atom stereocenters. The summed E-state index contributed by atoms with van der Waals surface area (Å²) >= 11 is 0. The number of nitrogens with zero attached hydrogens (tertiary/aromatic N) is 3. The van der Waals surface area contributed by atoms with Crippen molar-refractivity contribution in [2.45, 2.75) is 32.9 Å². The number of rotatable bonds is 9. The van der Waals surface area contributed by atoms with E-state index in [-0.39, 0.29) is 12.1 Å². The fourth-order valence-corrected chi connectivity index (χ4v) is 3.49. The van der Waals surface area contributed by atoms with Crippen molar-refractivity contribution in [2.75, 3.05) is 59.5 Å². The average Bonchev–Trinajstić information content (AvgIpc) is 2.70. The molecule has 0 radical (unpaired) electrons. The van der Waals surface area contributed by atoms with E-state index in [9.17, 15) is 0 Å². The molecule has 1 aliphatic rings. The predicted octanol–water partition coefficient (Wildman–Crippen LogP) is 1.96. The molecule has 1 aliphatic heterocycles. The first-order chi connectivity index (χ1) is 13.2. The summed E-state index contributed by atoms with van der Waals surface area (Å²) in [6, 6.07) is 11.0. The van der Waals surface area contributed by atoms with Crippen molar-refractivity contribution < 1.29 is 4.74 Å². The van der Waals surface area contributed by atoms with E-state index >= 15 is 0 Å². The summed E-state index contributed by atoms with van der Waals surface area (Å²) in [6.07, 6.45) is 0.209. The average molecular weight is 376 g/mol. The van der Waals surface area contributed by atoms with Crippen LogP contribution in [0.4, 0.5) is 0 Å². The Morgan fingerprint density at radius 1 is 1.22 bits per heavy atom. The van der Waals surface area contributed by atoms with E-state index in [4.69, 9.17) is 9.73 Å². The quantitative estimate of drug-likeness (QED) is 0.510. The topological polar surface area (TPSA) is 52.1 Å². The third kappa shape index (κ3) is 7.13. The monoisotopic (exact) mass is 375 g/mol. The number of nitrogens with one attached hydrogen (secondary N) is 2. The lowest BCUT2D eigenvalue weighted by atomic mass is 10.1. The van der Waals surface area contributed by atoms with Gasteiger partial charge in [-0.2, -0.15) is 0 Å². The molecule has 0 bridgehead atoms. The van der Waals surface area contributed by atoms with Gasteiger partial charge in [-0.05, 0) is 32.6 Å². The van der Waals surface area contributed by atoms with Crippen LogP contribution in [-0.2, 0) is 4.74 Å². The summed E-state index contributed by atoms with van der Waals surface area (Å²) in [5.41, 5.74) is 1.32. The zero-order valence-corrected chi connectivity index (χ0v) is 17.4. The lowest BCUT2D eigenvalue weighted by Gasteiger charge is -2.31. The van der Waals surface area contributed by atoms with Crippen molar-refractivity contribution in [3.63, 3.8) is 0 Å². The Morgan fingerprint density at radius 2 is 1.96 bits per heavy atom. The van der Waals surface area contributed by atoms with Crippen LogP contribution in [0.5, 0.6) is 0 Å². The van der Waals surface area contributed by atoms with E-state index in [0.29, 0.717) is 0 Å². The van der Waals surface area contributed by atoms with Crippen LogP contribution in [0.1, 0.15) is 32.4 Å². The normalized spacial score (nSPS) is 19.9. The molecule has 0 saturated carbocycles. The van der Waals surface area contributed by atoms with E-state index in [1.807, 2.05) is 0 Å². The van der Waals surface area contributed by atoms with Gasteiger partial charge in [0.1, 0.15) is 0 Å². The number of likely N-dealkylation sites (N-methyl/N-ethyl adjacent to an activating group) is 2. The van der Waals surface area contributed by atoms with Crippen LogP contribution in [0.3, 0.4) is 0 Å². The van der Waals surface area contributed by atoms with Crippen LogP contribution < -0.4 is 10.6 Å². The van der Waals surface area contributed by atoms with Crippen molar-refractivity contribution in [1.82, 2.24) is 20.4 Å². The lowest BCUT2D eigenvalue weighted by Crippen LogP contribution is -2.48. The first kappa shape index (κ1) is 21.7. The fraction of sp³-hybridized carbons (Fsp3) is 0.667. The smallest absolute Gasteiger partial charge is 0.191 e. The Kier molecular flexibility index (Phi) is 9.59. The Labute approximate surface area is 165 Å². The summed E-state index contributed by atoms with van der Waals surface area (Å²) in [6.45, 7) is 13.7. The van der Waals surface area contributed by atoms with Crippen LogP contribution in [0.15, 0.2) is 35.3 Å². The Balaban J connectivity index is 2.02. The van der Waals surface area contributed by atoms with E-state index in [0.717, 1.165) is 58.4 Å². The van der Waals surface area contributed by atoms with E-state index in [1.54, 1.807) is 0 Å². The van der Waals surface area contributed by atoms with Crippen LogP contribution in [0.2, 0.25) is 0 Å². The van der Waals surface area contributed by atoms with Gasteiger partial charge >= 0.3 is 0 Å². The maximum atomic E-state index is 5.85. The molecular formula is C21H37N5O.